The summed E-state index contributed by atoms with van der Waals surface area (Å²) in [4.78, 5) is 19.9. The first-order valence-electron chi connectivity index (χ1n) is 3.41. The summed E-state index contributed by atoms with van der Waals surface area (Å²) in [7, 11) is 2.55. The van der Waals surface area contributed by atoms with E-state index < -0.39 is 12.6 Å². The molecule has 0 fully saturated rings. The third-order valence-electron chi connectivity index (χ3n) is 0.891. The van der Waals surface area contributed by atoms with Crippen molar-refractivity contribution in [1.29, 1.82) is 0 Å². The van der Waals surface area contributed by atoms with Crippen molar-refractivity contribution in [3.05, 3.63) is 12.2 Å². The van der Waals surface area contributed by atoms with Crippen molar-refractivity contribution in [1.82, 2.24) is 0 Å². The minimum Gasteiger partial charge on any atom is -0.467 e. The fourth-order valence-electron chi connectivity index (χ4n) is 0.239. The molecule has 0 bridgehead atoms. The molecule has 0 amide bonds. The quantitative estimate of drug-likeness (QED) is 0.485. The lowest BCUT2D eigenvalue weighted by Gasteiger charge is -1.91. The van der Waals surface area contributed by atoms with Gasteiger partial charge in [0.2, 0.25) is 0 Å². The zero-order valence-corrected chi connectivity index (χ0v) is 7.99. The van der Waals surface area contributed by atoms with Gasteiger partial charge in [0, 0.05) is 5.57 Å². The third kappa shape index (κ3) is 10.6. The molecule has 0 rings (SSSR count). The predicted octanol–water partition coefficient (Wildman–Crippen LogP) is -0.113. The predicted molar refractivity (Wildman–Crippen MR) is 45.9 cm³/mol. The van der Waals surface area contributed by atoms with Gasteiger partial charge in [-0.25, -0.2) is 9.59 Å². The molecule has 0 spiro atoms. The van der Waals surface area contributed by atoms with Crippen molar-refractivity contribution in [2.24, 2.45) is 0 Å². The average Bonchev–Trinajstić information content (AvgIpc) is 2.16. The Morgan fingerprint density at radius 1 is 1.31 bits per heavy atom. The van der Waals surface area contributed by atoms with Crippen LogP contribution in [0.5, 0.6) is 0 Å². The van der Waals surface area contributed by atoms with Crippen molar-refractivity contribution < 1.29 is 24.2 Å². The van der Waals surface area contributed by atoms with Crippen LogP contribution in [-0.2, 0) is 19.1 Å². The van der Waals surface area contributed by atoms with E-state index >= 15 is 0 Å². The van der Waals surface area contributed by atoms with E-state index in [9.17, 15) is 9.59 Å². The molecule has 0 heterocycles. The molecule has 0 aromatic rings. The van der Waals surface area contributed by atoms with Crippen LogP contribution in [0.15, 0.2) is 12.2 Å². The topological polar surface area (TPSA) is 72.8 Å². The van der Waals surface area contributed by atoms with E-state index in [1.54, 1.807) is 6.92 Å². The lowest BCUT2D eigenvalue weighted by atomic mass is 10.4. The molecule has 0 aliphatic carbocycles. The molecular weight excluding hydrogens is 176 g/mol. The SMILES string of the molecule is C=C(C)C(=O)OC.COC(=O)CO. The molecule has 5 nitrogen and oxygen atoms in total. The zero-order valence-electron chi connectivity index (χ0n) is 7.99. The maximum Gasteiger partial charge on any atom is 0.332 e. The van der Waals surface area contributed by atoms with Crippen LogP contribution in [0, 0.1) is 0 Å². The smallest absolute Gasteiger partial charge is 0.332 e. The van der Waals surface area contributed by atoms with Gasteiger partial charge in [0.15, 0.2) is 0 Å². The van der Waals surface area contributed by atoms with Crippen molar-refractivity contribution in [3.8, 4) is 0 Å². The first kappa shape index (κ1) is 14.2. The molecule has 0 saturated carbocycles. The second kappa shape index (κ2) is 8.73. The summed E-state index contributed by atoms with van der Waals surface area (Å²) < 4.78 is 8.28. The molecular formula is C8H14O5. The Morgan fingerprint density at radius 2 is 1.77 bits per heavy atom. The number of aliphatic hydroxyl groups is 1. The number of ether oxygens (including phenoxy) is 2. The summed E-state index contributed by atoms with van der Waals surface area (Å²) in [5, 5.41) is 7.86. The summed E-state index contributed by atoms with van der Waals surface area (Å²) in [5.74, 6) is -0.949. The van der Waals surface area contributed by atoms with E-state index in [-0.39, 0.29) is 5.97 Å². The average molecular weight is 190 g/mol. The lowest BCUT2D eigenvalue weighted by molar-refractivity contribution is -0.143. The molecule has 0 aromatic heterocycles. The Labute approximate surface area is 77.0 Å². The van der Waals surface area contributed by atoms with Gasteiger partial charge in [-0.3, -0.25) is 0 Å². The second-order valence-electron chi connectivity index (χ2n) is 2.01. The summed E-state index contributed by atoms with van der Waals surface area (Å²) in [6.45, 7) is 4.42. The van der Waals surface area contributed by atoms with Gasteiger partial charge in [0.1, 0.15) is 6.61 Å². The van der Waals surface area contributed by atoms with E-state index in [1.807, 2.05) is 0 Å². The number of aliphatic hydroxyl groups excluding tert-OH is 1. The Bertz CT molecular complexity index is 179. The van der Waals surface area contributed by atoms with Gasteiger partial charge in [-0.05, 0) is 6.92 Å². The molecule has 1 N–H and O–H groups in total. The van der Waals surface area contributed by atoms with Crippen LogP contribution in [0.3, 0.4) is 0 Å². The van der Waals surface area contributed by atoms with Gasteiger partial charge in [0.05, 0.1) is 14.2 Å². The van der Waals surface area contributed by atoms with Gasteiger partial charge in [-0.15, -0.1) is 0 Å². The Hall–Kier alpha value is -1.36. The minimum absolute atomic E-state index is 0.347. The van der Waals surface area contributed by atoms with Gasteiger partial charge in [-0.1, -0.05) is 6.58 Å². The van der Waals surface area contributed by atoms with E-state index in [0.717, 1.165) is 0 Å². The fourth-order valence-corrected chi connectivity index (χ4v) is 0.239. The summed E-state index contributed by atoms with van der Waals surface area (Å²) in [6.07, 6.45) is 0. The molecule has 5 heteroatoms. The normalized spacial score (nSPS) is 7.69. The van der Waals surface area contributed by atoms with Gasteiger partial charge < -0.3 is 14.6 Å². The first-order chi connectivity index (χ1) is 5.99. The number of esters is 2. The highest BCUT2D eigenvalue weighted by Crippen LogP contribution is 1.87. The van der Waals surface area contributed by atoms with Gasteiger partial charge in [-0.2, -0.15) is 0 Å². The zero-order chi connectivity index (χ0) is 10.9. The Kier molecular flexibility index (Phi) is 9.53. The van der Waals surface area contributed by atoms with Crippen molar-refractivity contribution >= 4 is 11.9 Å². The Morgan fingerprint density at radius 3 is 1.77 bits per heavy atom. The molecule has 76 valence electrons. The first-order valence-corrected chi connectivity index (χ1v) is 3.41. The van der Waals surface area contributed by atoms with Crippen LogP contribution in [0.4, 0.5) is 0 Å². The van der Waals surface area contributed by atoms with E-state index in [4.69, 9.17) is 5.11 Å². The van der Waals surface area contributed by atoms with Crippen LogP contribution in [0.25, 0.3) is 0 Å². The lowest BCUT2D eigenvalue weighted by Crippen LogP contribution is -2.04. The molecule has 0 saturated heterocycles. The third-order valence-corrected chi connectivity index (χ3v) is 0.891. The van der Waals surface area contributed by atoms with E-state index in [2.05, 4.69) is 16.1 Å². The van der Waals surface area contributed by atoms with E-state index in [0.29, 0.717) is 5.57 Å². The van der Waals surface area contributed by atoms with Crippen LogP contribution < -0.4 is 0 Å². The standard InChI is InChI=1S/C5H8O2.C3H6O3/c1-4(2)5(6)7-3;1-6-3(5)2-4/h1H2,2-3H3;4H,2H2,1H3. The number of carbonyl (C=O) groups excluding carboxylic acids is 2. The highest BCUT2D eigenvalue weighted by Gasteiger charge is 1.95. The Balaban J connectivity index is 0. The minimum atomic E-state index is -0.602. The molecule has 0 radical (unpaired) electrons. The van der Waals surface area contributed by atoms with Gasteiger partial charge in [0.25, 0.3) is 0 Å². The summed E-state index contributed by atoms with van der Waals surface area (Å²) in [6, 6.07) is 0. The molecule has 0 aliphatic rings. The van der Waals surface area contributed by atoms with Crippen molar-refractivity contribution in [3.63, 3.8) is 0 Å². The highest BCUT2D eigenvalue weighted by atomic mass is 16.5. The van der Waals surface area contributed by atoms with Crippen LogP contribution in [0.1, 0.15) is 6.92 Å². The largest absolute Gasteiger partial charge is 0.467 e. The van der Waals surface area contributed by atoms with Crippen LogP contribution in [-0.4, -0.2) is 37.9 Å². The highest BCUT2D eigenvalue weighted by molar-refractivity contribution is 5.86. The number of methoxy groups -OCH3 is 2. The second-order valence-corrected chi connectivity index (χ2v) is 2.01. The molecule has 0 atom stereocenters. The molecule has 13 heavy (non-hydrogen) atoms. The molecule has 0 aliphatic heterocycles. The number of hydrogen-bond donors (Lipinski definition) is 1. The van der Waals surface area contributed by atoms with E-state index in [1.165, 1.54) is 14.2 Å². The summed E-state index contributed by atoms with van der Waals surface area (Å²) in [5.41, 5.74) is 0.433. The van der Waals surface area contributed by atoms with Gasteiger partial charge >= 0.3 is 11.9 Å². The number of carbonyl (C=O) groups is 2. The molecule has 0 unspecified atom stereocenters. The van der Waals surface area contributed by atoms with Crippen LogP contribution >= 0.6 is 0 Å². The van der Waals surface area contributed by atoms with Crippen LogP contribution in [0.2, 0.25) is 0 Å². The van der Waals surface area contributed by atoms with Crippen molar-refractivity contribution in [2.45, 2.75) is 6.92 Å². The maximum absolute atomic E-state index is 10.2. The number of hydrogen-bond acceptors (Lipinski definition) is 5. The van der Waals surface area contributed by atoms with Crippen molar-refractivity contribution in [2.75, 3.05) is 20.8 Å². The summed E-state index contributed by atoms with van der Waals surface area (Å²) >= 11 is 0. The fraction of sp³-hybridized carbons (Fsp3) is 0.500. The monoisotopic (exact) mass is 190 g/mol. The maximum atomic E-state index is 10.2. The molecule has 0 aromatic carbocycles. The number of rotatable bonds is 2.